The summed E-state index contributed by atoms with van der Waals surface area (Å²) < 4.78 is 0. The molecule has 4 heterocycles. The molecule has 2 aliphatic heterocycles. The van der Waals surface area contributed by atoms with Gasteiger partial charge >= 0.3 is 6.09 Å². The lowest BCUT2D eigenvalue weighted by atomic mass is 9.75. The molecular formula is C19H25N5O3S. The summed E-state index contributed by atoms with van der Waals surface area (Å²) in [4.78, 5) is 30.1. The van der Waals surface area contributed by atoms with Crippen LogP contribution < -0.4 is 10.2 Å². The largest absolute Gasteiger partial charge is 0.465 e. The molecule has 0 aromatic carbocycles. The zero-order valence-electron chi connectivity index (χ0n) is 16.4. The molecule has 2 aromatic heterocycles. The van der Waals surface area contributed by atoms with Gasteiger partial charge in [-0.3, -0.25) is 9.89 Å². The zero-order chi connectivity index (χ0) is 20.3. The fourth-order valence-electron chi connectivity index (χ4n) is 4.32. The maximum absolute atomic E-state index is 13.0. The summed E-state index contributed by atoms with van der Waals surface area (Å²) in [6.45, 7) is 6.52. The Morgan fingerprint density at radius 1 is 1.43 bits per heavy atom. The molecule has 2 aromatic rings. The van der Waals surface area contributed by atoms with Gasteiger partial charge in [0.25, 0.3) is 5.91 Å². The van der Waals surface area contributed by atoms with Crippen molar-refractivity contribution in [3.05, 3.63) is 23.3 Å². The first kappa shape index (κ1) is 18.8. The van der Waals surface area contributed by atoms with Crippen LogP contribution in [0.15, 0.2) is 18.5 Å². The van der Waals surface area contributed by atoms with E-state index in [0.717, 1.165) is 16.1 Å². The maximum atomic E-state index is 13.0. The number of aromatic amines is 1. The molecule has 0 radical (unpaired) electrons. The van der Waals surface area contributed by atoms with Crippen molar-refractivity contribution in [3.63, 3.8) is 0 Å². The number of carbonyl (C=O) groups is 2. The van der Waals surface area contributed by atoms with Gasteiger partial charge in [0.15, 0.2) is 0 Å². The number of H-pyrrole nitrogens is 1. The molecule has 1 saturated heterocycles. The highest BCUT2D eigenvalue weighted by molar-refractivity contribution is 7.18. The van der Waals surface area contributed by atoms with Crippen molar-refractivity contribution < 1.29 is 14.7 Å². The third-order valence-corrected chi connectivity index (χ3v) is 7.14. The minimum Gasteiger partial charge on any atom is -0.465 e. The van der Waals surface area contributed by atoms with Crippen LogP contribution in [0.5, 0.6) is 0 Å². The molecule has 2 atom stereocenters. The highest BCUT2D eigenvalue weighted by Crippen LogP contribution is 2.46. The Morgan fingerprint density at radius 3 is 2.79 bits per heavy atom. The van der Waals surface area contributed by atoms with Crippen molar-refractivity contribution in [2.45, 2.75) is 45.3 Å². The fourth-order valence-corrected chi connectivity index (χ4v) is 5.38. The highest BCUT2D eigenvalue weighted by Gasteiger charge is 2.51. The Kier molecular flexibility index (Phi) is 4.18. The highest BCUT2D eigenvalue weighted by atomic mass is 32.1. The van der Waals surface area contributed by atoms with Crippen LogP contribution in [0, 0.1) is 5.41 Å². The SMILES string of the molecule is CN1c2cc(-c3cn[nH]c3)sc2C(=O)NC12CCN(C(=O)O)C(C(C)(C)C)C2. The van der Waals surface area contributed by atoms with E-state index in [1.165, 1.54) is 16.2 Å². The number of piperidine rings is 1. The van der Waals surface area contributed by atoms with E-state index < -0.39 is 11.8 Å². The van der Waals surface area contributed by atoms with Crippen molar-refractivity contribution in [2.75, 3.05) is 18.5 Å². The number of nitrogens with zero attached hydrogens (tertiary/aromatic N) is 3. The molecule has 1 fully saturated rings. The molecule has 2 aliphatic rings. The van der Waals surface area contributed by atoms with Crippen LogP contribution in [-0.2, 0) is 0 Å². The van der Waals surface area contributed by atoms with Gasteiger partial charge in [0.05, 0.1) is 11.9 Å². The number of hydrogen-bond acceptors (Lipinski definition) is 5. The summed E-state index contributed by atoms with van der Waals surface area (Å²) in [6.07, 6.45) is 3.74. The van der Waals surface area contributed by atoms with E-state index in [0.29, 0.717) is 24.3 Å². The number of carbonyl (C=O) groups excluding carboxylic acids is 1. The third-order valence-electron chi connectivity index (χ3n) is 5.97. The molecule has 2 unspecified atom stereocenters. The van der Waals surface area contributed by atoms with Gasteiger partial charge in [0.2, 0.25) is 0 Å². The van der Waals surface area contributed by atoms with E-state index in [1.54, 1.807) is 6.20 Å². The Labute approximate surface area is 167 Å². The van der Waals surface area contributed by atoms with Gasteiger partial charge in [0.1, 0.15) is 10.5 Å². The minimum atomic E-state index is -0.905. The number of carboxylic acid groups (broad SMARTS) is 1. The second kappa shape index (κ2) is 6.23. The molecule has 9 heteroatoms. The lowest BCUT2D eigenvalue weighted by Gasteiger charge is -2.55. The third kappa shape index (κ3) is 2.85. The molecule has 3 N–H and O–H groups in total. The van der Waals surface area contributed by atoms with E-state index in [9.17, 15) is 14.7 Å². The van der Waals surface area contributed by atoms with Gasteiger partial charge in [-0.1, -0.05) is 20.8 Å². The van der Waals surface area contributed by atoms with Gasteiger partial charge in [-0.05, 0) is 11.5 Å². The summed E-state index contributed by atoms with van der Waals surface area (Å²) in [5.74, 6) is -0.0933. The Hall–Kier alpha value is -2.55. The van der Waals surface area contributed by atoms with E-state index >= 15 is 0 Å². The summed E-state index contributed by atoms with van der Waals surface area (Å²) in [5.41, 5.74) is 1.00. The monoisotopic (exact) mass is 403 g/mol. The average Bonchev–Trinajstić information content (AvgIpc) is 3.28. The number of anilines is 1. The van der Waals surface area contributed by atoms with Crippen LogP contribution in [0.1, 0.15) is 43.3 Å². The second-order valence-corrected chi connectivity index (χ2v) is 9.72. The number of thiophene rings is 1. The van der Waals surface area contributed by atoms with Crippen molar-refractivity contribution in [1.29, 1.82) is 0 Å². The number of fused-ring (bicyclic) bond motifs is 1. The molecule has 1 spiro atoms. The first-order valence-corrected chi connectivity index (χ1v) is 10.1. The molecule has 150 valence electrons. The van der Waals surface area contributed by atoms with Crippen LogP contribution in [0.25, 0.3) is 10.4 Å². The number of hydrogen-bond donors (Lipinski definition) is 3. The van der Waals surface area contributed by atoms with Crippen molar-refractivity contribution in [2.24, 2.45) is 5.41 Å². The molecule has 8 nitrogen and oxygen atoms in total. The topological polar surface area (TPSA) is 102 Å². The van der Waals surface area contributed by atoms with Crippen molar-refractivity contribution in [1.82, 2.24) is 20.4 Å². The second-order valence-electron chi connectivity index (χ2n) is 8.67. The van der Waals surface area contributed by atoms with Gasteiger partial charge in [0, 0.05) is 49.1 Å². The Balaban J connectivity index is 1.72. The van der Waals surface area contributed by atoms with Crippen LogP contribution in [0.2, 0.25) is 0 Å². The predicted molar refractivity (Wildman–Crippen MR) is 108 cm³/mol. The summed E-state index contributed by atoms with van der Waals surface area (Å²) in [6, 6.07) is 1.83. The van der Waals surface area contributed by atoms with Gasteiger partial charge < -0.3 is 20.2 Å². The van der Waals surface area contributed by atoms with Crippen LogP contribution in [0.4, 0.5) is 10.5 Å². The lowest BCUT2D eigenvalue weighted by molar-refractivity contribution is 0.0204. The summed E-state index contributed by atoms with van der Waals surface area (Å²) in [5, 5.41) is 19.7. The van der Waals surface area contributed by atoms with Crippen LogP contribution in [0.3, 0.4) is 0 Å². The standard InChI is InChI=1S/C19H25N5O3S/c1-18(2,3)14-8-19(5-6-24(14)17(26)27)22-16(25)15-12(23(19)4)7-13(28-15)11-9-20-21-10-11/h7,9-10,14H,5-6,8H2,1-4H3,(H,20,21)(H,22,25)(H,26,27). The van der Waals surface area contributed by atoms with Gasteiger partial charge in [-0.25, -0.2) is 4.79 Å². The normalized spacial score (nSPS) is 25.0. The summed E-state index contributed by atoms with van der Waals surface area (Å²) in [7, 11) is 1.99. The molecular weight excluding hydrogens is 378 g/mol. The van der Waals surface area contributed by atoms with Crippen molar-refractivity contribution in [3.8, 4) is 10.4 Å². The smallest absolute Gasteiger partial charge is 0.407 e. The number of likely N-dealkylation sites (tertiary alicyclic amines) is 1. The molecule has 0 saturated carbocycles. The van der Waals surface area contributed by atoms with E-state index in [2.05, 4.69) is 20.4 Å². The molecule has 28 heavy (non-hydrogen) atoms. The minimum absolute atomic E-state index is 0.0933. The first-order chi connectivity index (χ1) is 13.1. The molecule has 4 rings (SSSR count). The van der Waals surface area contributed by atoms with Crippen LogP contribution >= 0.6 is 11.3 Å². The fraction of sp³-hybridized carbons (Fsp3) is 0.526. The quantitative estimate of drug-likeness (QED) is 0.679. The van der Waals surface area contributed by atoms with Crippen molar-refractivity contribution >= 4 is 29.0 Å². The summed E-state index contributed by atoms with van der Waals surface area (Å²) >= 11 is 1.45. The predicted octanol–water partition coefficient (Wildman–Crippen LogP) is 3.20. The molecule has 0 aliphatic carbocycles. The number of amides is 2. The van der Waals surface area contributed by atoms with Gasteiger partial charge in [-0.2, -0.15) is 5.10 Å². The van der Waals surface area contributed by atoms with Crippen LogP contribution in [-0.4, -0.2) is 57.5 Å². The molecule has 0 bridgehead atoms. The molecule has 2 amide bonds. The number of rotatable bonds is 1. The zero-order valence-corrected chi connectivity index (χ0v) is 17.3. The maximum Gasteiger partial charge on any atom is 0.407 e. The first-order valence-electron chi connectivity index (χ1n) is 9.31. The van der Waals surface area contributed by atoms with E-state index in [4.69, 9.17) is 0 Å². The average molecular weight is 404 g/mol. The number of aromatic nitrogens is 2. The Bertz CT molecular complexity index is 917. The lowest BCUT2D eigenvalue weighted by Crippen LogP contribution is -2.70. The van der Waals surface area contributed by atoms with Gasteiger partial charge in [-0.15, -0.1) is 11.3 Å². The van der Waals surface area contributed by atoms with E-state index in [-0.39, 0.29) is 17.4 Å². The number of nitrogens with one attached hydrogen (secondary N) is 2. The van der Waals surface area contributed by atoms with E-state index in [1.807, 2.05) is 40.1 Å². The Morgan fingerprint density at radius 2 is 2.18 bits per heavy atom.